The number of urea groups is 1. The van der Waals surface area contributed by atoms with Gasteiger partial charge < -0.3 is 10.6 Å². The maximum absolute atomic E-state index is 12.9. The monoisotopic (exact) mass is 399 g/mol. The highest BCUT2D eigenvalue weighted by atomic mass is 35.5. The summed E-state index contributed by atoms with van der Waals surface area (Å²) >= 11 is 5.82. The number of nitrogens with zero attached hydrogens (tertiary/aromatic N) is 1. The molecule has 1 unspecified atom stereocenters. The van der Waals surface area contributed by atoms with E-state index in [1.165, 1.54) is 5.56 Å². The highest BCUT2D eigenvalue weighted by Gasteiger charge is 2.49. The molecular formula is C21H22ClN3O3. The van der Waals surface area contributed by atoms with Gasteiger partial charge in [-0.3, -0.25) is 14.5 Å². The number of carbonyl (C=O) groups excluding carboxylic acids is 3. The molecule has 0 radical (unpaired) electrons. The minimum Gasteiger partial charge on any atom is -0.325 e. The molecule has 2 aromatic rings. The highest BCUT2D eigenvalue weighted by molar-refractivity contribution is 6.30. The zero-order valence-electron chi connectivity index (χ0n) is 15.8. The lowest BCUT2D eigenvalue weighted by Crippen LogP contribution is -2.42. The molecule has 2 N–H and O–H groups in total. The van der Waals surface area contributed by atoms with Gasteiger partial charge in [-0.05, 0) is 48.7 Å². The third-order valence-electron chi connectivity index (χ3n) is 4.77. The van der Waals surface area contributed by atoms with Crippen LogP contribution in [0.5, 0.6) is 0 Å². The number of rotatable bonds is 6. The Balaban J connectivity index is 1.71. The van der Waals surface area contributed by atoms with E-state index in [9.17, 15) is 14.4 Å². The van der Waals surface area contributed by atoms with Crippen molar-refractivity contribution in [2.45, 2.75) is 32.2 Å². The number of anilines is 1. The van der Waals surface area contributed by atoms with Crippen LogP contribution in [0.1, 0.15) is 31.4 Å². The van der Waals surface area contributed by atoms with E-state index in [0.29, 0.717) is 16.3 Å². The van der Waals surface area contributed by atoms with Gasteiger partial charge in [-0.1, -0.05) is 49.2 Å². The second-order valence-corrected chi connectivity index (χ2v) is 7.38. The van der Waals surface area contributed by atoms with E-state index >= 15 is 0 Å². The molecular weight excluding hydrogens is 378 g/mol. The fourth-order valence-electron chi connectivity index (χ4n) is 3.21. The molecule has 4 amide bonds. The molecule has 1 aliphatic heterocycles. The van der Waals surface area contributed by atoms with E-state index in [1.807, 2.05) is 24.3 Å². The number of benzene rings is 2. The van der Waals surface area contributed by atoms with Gasteiger partial charge in [0.1, 0.15) is 12.1 Å². The van der Waals surface area contributed by atoms with Crippen molar-refractivity contribution in [1.29, 1.82) is 0 Å². The van der Waals surface area contributed by atoms with Crippen molar-refractivity contribution in [3.63, 3.8) is 0 Å². The molecule has 1 aliphatic rings. The first-order valence-electron chi connectivity index (χ1n) is 9.12. The number of halogens is 1. The van der Waals surface area contributed by atoms with Crippen LogP contribution >= 0.6 is 11.6 Å². The van der Waals surface area contributed by atoms with E-state index in [-0.39, 0.29) is 6.54 Å². The van der Waals surface area contributed by atoms with Crippen LogP contribution in [0.3, 0.4) is 0 Å². The minimum atomic E-state index is -1.19. The second kappa shape index (κ2) is 8.02. The van der Waals surface area contributed by atoms with Gasteiger partial charge in [0.15, 0.2) is 0 Å². The molecule has 1 fully saturated rings. The van der Waals surface area contributed by atoms with Crippen LogP contribution in [0.4, 0.5) is 10.5 Å². The summed E-state index contributed by atoms with van der Waals surface area (Å²) in [4.78, 5) is 38.5. The van der Waals surface area contributed by atoms with Crippen molar-refractivity contribution in [3.8, 4) is 0 Å². The maximum Gasteiger partial charge on any atom is 0.325 e. The molecule has 0 aliphatic carbocycles. The molecule has 1 heterocycles. The van der Waals surface area contributed by atoms with Crippen molar-refractivity contribution in [2.75, 3.05) is 11.9 Å². The Morgan fingerprint density at radius 1 is 1.11 bits per heavy atom. The summed E-state index contributed by atoms with van der Waals surface area (Å²) in [6.07, 6.45) is 1.98. The lowest BCUT2D eigenvalue weighted by atomic mass is 9.91. The maximum atomic E-state index is 12.9. The Morgan fingerprint density at radius 3 is 2.36 bits per heavy atom. The van der Waals surface area contributed by atoms with Crippen LogP contribution in [0, 0.1) is 0 Å². The summed E-state index contributed by atoms with van der Waals surface area (Å²) in [5.41, 5.74) is 1.20. The smallest absolute Gasteiger partial charge is 0.325 e. The summed E-state index contributed by atoms with van der Waals surface area (Å²) in [7, 11) is 0. The van der Waals surface area contributed by atoms with Crippen LogP contribution in [0.25, 0.3) is 0 Å². The zero-order chi connectivity index (χ0) is 20.3. The van der Waals surface area contributed by atoms with Crippen molar-refractivity contribution >= 4 is 35.1 Å². The number of nitrogens with one attached hydrogen (secondary N) is 2. The normalized spacial score (nSPS) is 18.9. The Kier molecular flexibility index (Phi) is 5.70. The van der Waals surface area contributed by atoms with Gasteiger partial charge in [-0.15, -0.1) is 0 Å². The van der Waals surface area contributed by atoms with Crippen molar-refractivity contribution in [1.82, 2.24) is 10.2 Å². The van der Waals surface area contributed by atoms with Gasteiger partial charge in [-0.25, -0.2) is 4.79 Å². The van der Waals surface area contributed by atoms with Crippen LogP contribution < -0.4 is 10.6 Å². The predicted molar refractivity (Wildman–Crippen MR) is 108 cm³/mol. The van der Waals surface area contributed by atoms with Crippen LogP contribution in [-0.2, 0) is 21.5 Å². The van der Waals surface area contributed by atoms with Crippen LogP contribution in [-0.4, -0.2) is 29.3 Å². The van der Waals surface area contributed by atoms with Gasteiger partial charge in [0.05, 0.1) is 0 Å². The molecule has 1 saturated heterocycles. The SMILES string of the molecule is CCCc1ccc(C2(C)NC(=O)N(CC(=O)Nc3ccc(Cl)cc3)C2=O)cc1. The summed E-state index contributed by atoms with van der Waals surface area (Å²) in [5, 5.41) is 5.92. The first-order chi connectivity index (χ1) is 13.3. The first kappa shape index (κ1) is 19.9. The van der Waals surface area contributed by atoms with E-state index in [0.717, 1.165) is 17.7 Å². The number of hydrogen-bond acceptors (Lipinski definition) is 3. The van der Waals surface area contributed by atoms with E-state index in [2.05, 4.69) is 17.6 Å². The molecule has 1 atom stereocenters. The average molecular weight is 400 g/mol. The molecule has 28 heavy (non-hydrogen) atoms. The number of hydrogen-bond donors (Lipinski definition) is 2. The van der Waals surface area contributed by atoms with Crippen molar-refractivity contribution in [3.05, 3.63) is 64.7 Å². The standard InChI is InChI=1S/C21H22ClN3O3/c1-3-4-14-5-7-15(8-6-14)21(2)19(27)25(20(28)24-21)13-18(26)23-17-11-9-16(22)10-12-17/h5-12H,3-4,13H2,1-2H3,(H,23,26)(H,24,28). The first-order valence-corrected chi connectivity index (χ1v) is 9.50. The summed E-state index contributed by atoms with van der Waals surface area (Å²) < 4.78 is 0. The minimum absolute atomic E-state index is 0.364. The quantitative estimate of drug-likeness (QED) is 0.727. The molecule has 3 rings (SSSR count). The van der Waals surface area contributed by atoms with Crippen LogP contribution in [0.2, 0.25) is 5.02 Å². The van der Waals surface area contributed by atoms with E-state index in [4.69, 9.17) is 11.6 Å². The van der Waals surface area contributed by atoms with Gasteiger partial charge in [0.25, 0.3) is 5.91 Å². The number of aryl methyl sites for hydroxylation is 1. The Morgan fingerprint density at radius 2 is 1.75 bits per heavy atom. The van der Waals surface area contributed by atoms with E-state index < -0.39 is 23.4 Å². The Hall–Kier alpha value is -2.86. The largest absolute Gasteiger partial charge is 0.325 e. The summed E-state index contributed by atoms with van der Waals surface area (Å²) in [5.74, 6) is -0.916. The summed E-state index contributed by atoms with van der Waals surface area (Å²) in [6.45, 7) is 3.39. The van der Waals surface area contributed by atoms with Crippen LogP contribution in [0.15, 0.2) is 48.5 Å². The molecule has 0 saturated carbocycles. The number of amides is 4. The molecule has 0 bridgehead atoms. The fourth-order valence-corrected chi connectivity index (χ4v) is 3.33. The van der Waals surface area contributed by atoms with Crippen molar-refractivity contribution < 1.29 is 14.4 Å². The molecule has 0 spiro atoms. The topological polar surface area (TPSA) is 78.5 Å². The molecule has 7 heteroatoms. The Bertz CT molecular complexity index is 896. The molecule has 0 aromatic heterocycles. The van der Waals surface area contributed by atoms with Gasteiger partial charge in [-0.2, -0.15) is 0 Å². The lowest BCUT2D eigenvalue weighted by Gasteiger charge is -2.22. The molecule has 146 valence electrons. The third-order valence-corrected chi connectivity index (χ3v) is 5.03. The molecule has 2 aromatic carbocycles. The average Bonchev–Trinajstić information content (AvgIpc) is 2.88. The predicted octanol–water partition coefficient (Wildman–Crippen LogP) is 3.70. The Labute approximate surface area is 168 Å². The number of imide groups is 1. The second-order valence-electron chi connectivity index (χ2n) is 6.95. The van der Waals surface area contributed by atoms with Gasteiger partial charge in [0.2, 0.25) is 5.91 Å². The lowest BCUT2D eigenvalue weighted by molar-refractivity contribution is -0.133. The third kappa shape index (κ3) is 4.02. The van der Waals surface area contributed by atoms with Crippen molar-refractivity contribution in [2.24, 2.45) is 0 Å². The van der Waals surface area contributed by atoms with Gasteiger partial charge in [0, 0.05) is 10.7 Å². The summed E-state index contributed by atoms with van der Waals surface area (Å²) in [6, 6.07) is 13.6. The van der Waals surface area contributed by atoms with Gasteiger partial charge >= 0.3 is 6.03 Å². The highest BCUT2D eigenvalue weighted by Crippen LogP contribution is 2.29. The van der Waals surface area contributed by atoms with E-state index in [1.54, 1.807) is 31.2 Å². The number of carbonyl (C=O) groups is 3. The molecule has 6 nitrogen and oxygen atoms in total. The zero-order valence-corrected chi connectivity index (χ0v) is 16.5. The fraction of sp³-hybridized carbons (Fsp3) is 0.286.